The van der Waals surface area contributed by atoms with Gasteiger partial charge in [0.25, 0.3) is 5.91 Å². The Kier molecular flexibility index (Phi) is 4.52. The van der Waals surface area contributed by atoms with Crippen LogP contribution in [-0.2, 0) is 6.54 Å². The van der Waals surface area contributed by atoms with Gasteiger partial charge in [0.05, 0.1) is 0 Å². The van der Waals surface area contributed by atoms with Crippen molar-refractivity contribution in [2.75, 3.05) is 12.4 Å². The highest BCUT2D eigenvalue weighted by Gasteiger charge is 2.08. The molecule has 0 heterocycles. The molecular weight excluding hydrogens is 274 g/mol. The van der Waals surface area contributed by atoms with Crippen LogP contribution in [0.3, 0.4) is 0 Å². The van der Waals surface area contributed by atoms with Crippen LogP contribution in [-0.4, -0.2) is 13.0 Å². The maximum Gasteiger partial charge on any atom is 0.251 e. The largest absolute Gasteiger partial charge is 0.381 e. The van der Waals surface area contributed by atoms with Gasteiger partial charge in [0.15, 0.2) is 0 Å². The van der Waals surface area contributed by atoms with E-state index in [0.29, 0.717) is 11.1 Å². The van der Waals surface area contributed by atoms with E-state index in [1.807, 2.05) is 13.0 Å². The standard InChI is InChI=1S/C16H16F2N2O/c1-10-3-4-11(16(21)19-2)7-15(10)20-9-12-5-6-13(17)8-14(12)18/h3-8,20H,9H2,1-2H3,(H,19,21). The van der Waals surface area contributed by atoms with Crippen molar-refractivity contribution < 1.29 is 13.6 Å². The van der Waals surface area contributed by atoms with E-state index < -0.39 is 11.6 Å². The first-order valence-corrected chi connectivity index (χ1v) is 6.52. The molecule has 0 spiro atoms. The zero-order valence-electron chi connectivity index (χ0n) is 11.8. The summed E-state index contributed by atoms with van der Waals surface area (Å²) in [6.45, 7) is 2.10. The number of rotatable bonds is 4. The summed E-state index contributed by atoms with van der Waals surface area (Å²) in [4.78, 5) is 11.6. The normalized spacial score (nSPS) is 10.3. The van der Waals surface area contributed by atoms with Crippen molar-refractivity contribution in [3.05, 3.63) is 64.7 Å². The van der Waals surface area contributed by atoms with Crippen LogP contribution in [0.15, 0.2) is 36.4 Å². The van der Waals surface area contributed by atoms with E-state index in [0.717, 1.165) is 17.3 Å². The molecule has 0 radical (unpaired) electrons. The minimum atomic E-state index is -0.603. The molecule has 110 valence electrons. The number of anilines is 1. The Bertz CT molecular complexity index is 671. The fraction of sp³-hybridized carbons (Fsp3) is 0.188. The third kappa shape index (κ3) is 3.56. The second kappa shape index (κ2) is 6.35. The number of hydrogen-bond donors (Lipinski definition) is 2. The second-order valence-electron chi connectivity index (χ2n) is 4.70. The molecule has 0 aliphatic rings. The van der Waals surface area contributed by atoms with Gasteiger partial charge in [-0.3, -0.25) is 4.79 Å². The molecule has 0 aliphatic heterocycles. The molecule has 2 N–H and O–H groups in total. The molecule has 0 bridgehead atoms. The zero-order chi connectivity index (χ0) is 15.4. The van der Waals surface area contributed by atoms with Crippen molar-refractivity contribution in [2.24, 2.45) is 0 Å². The molecule has 0 atom stereocenters. The van der Waals surface area contributed by atoms with Gasteiger partial charge in [-0.05, 0) is 30.7 Å². The Balaban J connectivity index is 2.17. The summed E-state index contributed by atoms with van der Waals surface area (Å²) in [5.74, 6) is -1.39. The smallest absolute Gasteiger partial charge is 0.251 e. The van der Waals surface area contributed by atoms with Crippen LogP contribution in [0.5, 0.6) is 0 Å². The lowest BCUT2D eigenvalue weighted by molar-refractivity contribution is 0.0963. The molecule has 0 aromatic heterocycles. The summed E-state index contributed by atoms with van der Waals surface area (Å²) in [6.07, 6.45) is 0. The Morgan fingerprint density at radius 2 is 1.90 bits per heavy atom. The van der Waals surface area contributed by atoms with Crippen molar-refractivity contribution in [1.29, 1.82) is 0 Å². The summed E-state index contributed by atoms with van der Waals surface area (Å²) >= 11 is 0. The number of amides is 1. The number of hydrogen-bond acceptors (Lipinski definition) is 2. The zero-order valence-corrected chi connectivity index (χ0v) is 11.8. The maximum absolute atomic E-state index is 13.6. The first-order chi connectivity index (χ1) is 10.0. The lowest BCUT2D eigenvalue weighted by atomic mass is 10.1. The van der Waals surface area contributed by atoms with Crippen molar-refractivity contribution in [3.8, 4) is 0 Å². The first kappa shape index (κ1) is 15.0. The first-order valence-electron chi connectivity index (χ1n) is 6.52. The van der Waals surface area contributed by atoms with Crippen LogP contribution in [0, 0.1) is 18.6 Å². The van der Waals surface area contributed by atoms with Crippen LogP contribution >= 0.6 is 0 Å². The minimum absolute atomic E-state index is 0.189. The minimum Gasteiger partial charge on any atom is -0.381 e. The number of carbonyl (C=O) groups excluding carboxylic acids is 1. The molecule has 2 aromatic rings. The lowest BCUT2D eigenvalue weighted by Gasteiger charge is -2.12. The molecular formula is C16H16F2N2O. The van der Waals surface area contributed by atoms with Crippen molar-refractivity contribution in [1.82, 2.24) is 5.32 Å². The number of nitrogens with one attached hydrogen (secondary N) is 2. The third-order valence-corrected chi connectivity index (χ3v) is 3.21. The van der Waals surface area contributed by atoms with Crippen LogP contribution < -0.4 is 10.6 Å². The van der Waals surface area contributed by atoms with E-state index >= 15 is 0 Å². The summed E-state index contributed by atoms with van der Waals surface area (Å²) in [5, 5.41) is 5.62. The van der Waals surface area contributed by atoms with Crippen LogP contribution in [0.25, 0.3) is 0 Å². The summed E-state index contributed by atoms with van der Waals surface area (Å²) in [6, 6.07) is 8.70. The van der Waals surface area contributed by atoms with Crippen molar-refractivity contribution in [2.45, 2.75) is 13.5 Å². The van der Waals surface area contributed by atoms with Gasteiger partial charge in [0.1, 0.15) is 11.6 Å². The SMILES string of the molecule is CNC(=O)c1ccc(C)c(NCc2ccc(F)cc2F)c1. The summed E-state index contributed by atoms with van der Waals surface area (Å²) in [5.41, 5.74) is 2.55. The lowest BCUT2D eigenvalue weighted by Crippen LogP contribution is -2.18. The Morgan fingerprint density at radius 3 is 2.57 bits per heavy atom. The third-order valence-electron chi connectivity index (χ3n) is 3.21. The Morgan fingerprint density at radius 1 is 1.14 bits per heavy atom. The monoisotopic (exact) mass is 290 g/mol. The highest BCUT2D eigenvalue weighted by Crippen LogP contribution is 2.19. The fourth-order valence-corrected chi connectivity index (χ4v) is 1.95. The predicted octanol–water partition coefficient (Wildman–Crippen LogP) is 3.24. The molecule has 3 nitrogen and oxygen atoms in total. The predicted molar refractivity (Wildman–Crippen MR) is 78.3 cm³/mol. The van der Waals surface area contributed by atoms with Gasteiger partial charge in [-0.1, -0.05) is 12.1 Å². The average molecular weight is 290 g/mol. The highest BCUT2D eigenvalue weighted by molar-refractivity contribution is 5.95. The van der Waals surface area contributed by atoms with E-state index in [4.69, 9.17) is 0 Å². The van der Waals surface area contributed by atoms with Crippen LogP contribution in [0.2, 0.25) is 0 Å². The molecule has 0 saturated heterocycles. The van der Waals surface area contributed by atoms with E-state index in [2.05, 4.69) is 10.6 Å². The fourth-order valence-electron chi connectivity index (χ4n) is 1.95. The molecule has 2 rings (SSSR count). The van der Waals surface area contributed by atoms with E-state index in [9.17, 15) is 13.6 Å². The summed E-state index contributed by atoms with van der Waals surface area (Å²) in [7, 11) is 1.56. The van der Waals surface area contributed by atoms with Gasteiger partial charge in [-0.2, -0.15) is 0 Å². The van der Waals surface area contributed by atoms with Gasteiger partial charge >= 0.3 is 0 Å². The molecule has 0 unspecified atom stereocenters. The van der Waals surface area contributed by atoms with Gasteiger partial charge < -0.3 is 10.6 Å². The number of benzene rings is 2. The van der Waals surface area contributed by atoms with Gasteiger partial charge in [0, 0.05) is 36.5 Å². The maximum atomic E-state index is 13.6. The average Bonchev–Trinajstić information content (AvgIpc) is 2.47. The van der Waals surface area contributed by atoms with Gasteiger partial charge in [0.2, 0.25) is 0 Å². The van der Waals surface area contributed by atoms with E-state index in [-0.39, 0.29) is 12.5 Å². The molecule has 2 aromatic carbocycles. The summed E-state index contributed by atoms with van der Waals surface area (Å²) < 4.78 is 26.4. The van der Waals surface area contributed by atoms with Gasteiger partial charge in [-0.25, -0.2) is 8.78 Å². The number of halogens is 2. The van der Waals surface area contributed by atoms with Gasteiger partial charge in [-0.15, -0.1) is 0 Å². The van der Waals surface area contributed by atoms with Crippen LogP contribution in [0.4, 0.5) is 14.5 Å². The van der Waals surface area contributed by atoms with Crippen LogP contribution in [0.1, 0.15) is 21.5 Å². The highest BCUT2D eigenvalue weighted by atomic mass is 19.1. The molecule has 0 fully saturated rings. The topological polar surface area (TPSA) is 41.1 Å². The molecule has 5 heteroatoms. The molecule has 0 aliphatic carbocycles. The van der Waals surface area contributed by atoms with E-state index in [1.165, 1.54) is 12.1 Å². The number of aryl methyl sites for hydroxylation is 1. The van der Waals surface area contributed by atoms with Crippen molar-refractivity contribution in [3.63, 3.8) is 0 Å². The quantitative estimate of drug-likeness (QED) is 0.907. The van der Waals surface area contributed by atoms with E-state index in [1.54, 1.807) is 19.2 Å². The van der Waals surface area contributed by atoms with Crippen molar-refractivity contribution >= 4 is 11.6 Å². The Labute approximate surface area is 122 Å². The number of carbonyl (C=O) groups is 1. The molecule has 21 heavy (non-hydrogen) atoms. The molecule has 1 amide bonds. The second-order valence-corrected chi connectivity index (χ2v) is 4.70. The Hall–Kier alpha value is -2.43. The molecule has 0 saturated carbocycles.